The molecule has 44 heavy (non-hydrogen) atoms. The number of carboxylic acid groups (broad SMARTS) is 2. The van der Waals surface area contributed by atoms with Gasteiger partial charge in [0, 0.05) is 47.6 Å². The lowest BCUT2D eigenvalue weighted by atomic mass is 9.89. The number of aromatic nitrogens is 1. The largest absolute Gasteiger partial charge is 0.495 e. The first-order valence-corrected chi connectivity index (χ1v) is 15.6. The molecule has 0 radical (unpaired) electrons. The Morgan fingerprint density at radius 1 is 1.07 bits per heavy atom. The van der Waals surface area contributed by atoms with E-state index in [0.29, 0.717) is 29.1 Å². The summed E-state index contributed by atoms with van der Waals surface area (Å²) >= 11 is 4.52. The maximum atomic E-state index is 12.5. The van der Waals surface area contributed by atoms with Gasteiger partial charge in [0.05, 0.1) is 12.0 Å². The number of allylic oxidation sites excluding steroid dienone is 2. The van der Waals surface area contributed by atoms with Crippen LogP contribution in [0.25, 0.3) is 18.7 Å². The minimum atomic E-state index is -0.930. The van der Waals surface area contributed by atoms with Gasteiger partial charge in [0.25, 0.3) is 0 Å². The molecule has 0 aromatic carbocycles. The number of aliphatic hydroxyl groups excluding tert-OH is 1. The Labute approximate surface area is 263 Å². The molecule has 3 aliphatic heterocycles. The molecule has 3 aliphatic rings. The lowest BCUT2D eigenvalue weighted by Crippen LogP contribution is -2.36. The summed E-state index contributed by atoms with van der Waals surface area (Å²) in [6.07, 6.45) is 5.69. The summed E-state index contributed by atoms with van der Waals surface area (Å²) in [5.41, 5.74) is 6.00. The van der Waals surface area contributed by atoms with Gasteiger partial charge in [-0.3, -0.25) is 14.4 Å². The van der Waals surface area contributed by atoms with Crippen LogP contribution in [0.2, 0.25) is 0 Å². The molecule has 11 heteroatoms. The standard InChI is InChI=1S/C33H44N4O6S/c1-7-20-15(2)25(36-33(20)43)12-23-16(3)21(8-10-29(38)39)26(34-23)14-27-22(9-11-30(40)41)17(4)24(35-27)13-28-31(19(6)44)18(5)32(42)37-28/h13-15,18,23,25,28,34-36,43-44H,4,7-12H2,1-3,5-6H3,(H,37,42)(H,38,39)(H,40,41)/b24-13+,26-14-,31-19+/t15?,18?,23?,25-,28+/m1/s1. The van der Waals surface area contributed by atoms with Crippen molar-refractivity contribution in [3.05, 3.63) is 60.6 Å². The number of hydrogen-bond acceptors (Lipinski definition) is 7. The third kappa shape index (κ3) is 6.77. The number of H-pyrrole nitrogens is 1. The van der Waals surface area contributed by atoms with Crippen LogP contribution in [0.5, 0.6) is 0 Å². The van der Waals surface area contributed by atoms with Crippen LogP contribution < -0.4 is 26.5 Å². The molecule has 1 amide bonds. The second-order valence-electron chi connectivity index (χ2n) is 12.0. The Bertz CT molecular complexity index is 1600. The van der Waals surface area contributed by atoms with Crippen molar-refractivity contribution in [2.45, 2.75) is 91.3 Å². The normalized spacial score (nSPS) is 27.7. The molecule has 0 aliphatic carbocycles. The summed E-state index contributed by atoms with van der Waals surface area (Å²) < 4.78 is 0. The van der Waals surface area contributed by atoms with Gasteiger partial charge in [-0.1, -0.05) is 20.4 Å². The molecule has 10 nitrogen and oxygen atoms in total. The Balaban J connectivity index is 1.75. The Hall–Kier alpha value is -3.86. The molecule has 1 aromatic rings. The van der Waals surface area contributed by atoms with Gasteiger partial charge in [0.15, 0.2) is 5.88 Å². The number of aliphatic carboxylic acids is 2. The molecule has 7 N–H and O–H groups in total. The van der Waals surface area contributed by atoms with E-state index < -0.39 is 11.9 Å². The minimum absolute atomic E-state index is 0.0169. The average molecular weight is 625 g/mol. The zero-order valence-electron chi connectivity index (χ0n) is 26.0. The predicted molar refractivity (Wildman–Crippen MR) is 174 cm³/mol. The lowest BCUT2D eigenvalue weighted by molar-refractivity contribution is -0.138. The van der Waals surface area contributed by atoms with Crippen molar-refractivity contribution in [2.24, 2.45) is 11.8 Å². The quantitative estimate of drug-likeness (QED) is 0.174. The minimum Gasteiger partial charge on any atom is -0.495 e. The second kappa shape index (κ2) is 13.4. The molecule has 1 saturated heterocycles. The summed E-state index contributed by atoms with van der Waals surface area (Å²) in [7, 11) is 0. The molecule has 0 spiro atoms. The Kier molecular flexibility index (Phi) is 10.1. The van der Waals surface area contributed by atoms with Crippen LogP contribution in [-0.4, -0.2) is 56.3 Å². The van der Waals surface area contributed by atoms with Crippen molar-refractivity contribution in [1.82, 2.24) is 20.9 Å². The van der Waals surface area contributed by atoms with E-state index in [2.05, 4.69) is 47.1 Å². The summed E-state index contributed by atoms with van der Waals surface area (Å²) in [5.74, 6) is -1.84. The molecule has 4 rings (SSSR count). The van der Waals surface area contributed by atoms with Gasteiger partial charge in [-0.25, -0.2) is 0 Å². The first kappa shape index (κ1) is 33.0. The van der Waals surface area contributed by atoms with E-state index in [4.69, 9.17) is 0 Å². The predicted octanol–water partition coefficient (Wildman–Crippen LogP) is 3.23. The maximum Gasteiger partial charge on any atom is 0.303 e. The van der Waals surface area contributed by atoms with E-state index in [-0.39, 0.29) is 61.0 Å². The number of thiol groups is 1. The molecule has 5 atom stereocenters. The van der Waals surface area contributed by atoms with E-state index in [1.807, 2.05) is 39.8 Å². The van der Waals surface area contributed by atoms with Crippen molar-refractivity contribution in [1.29, 1.82) is 0 Å². The van der Waals surface area contributed by atoms with Gasteiger partial charge in [0.1, 0.15) is 0 Å². The molecule has 238 valence electrons. The Morgan fingerprint density at radius 2 is 1.73 bits per heavy atom. The van der Waals surface area contributed by atoms with Crippen molar-refractivity contribution < 1.29 is 29.7 Å². The lowest BCUT2D eigenvalue weighted by Gasteiger charge is -2.23. The smallest absolute Gasteiger partial charge is 0.303 e. The number of carbonyl (C=O) groups is 3. The highest BCUT2D eigenvalue weighted by molar-refractivity contribution is 7.84. The fraction of sp³-hybridized carbons (Fsp3) is 0.485. The van der Waals surface area contributed by atoms with Gasteiger partial charge < -0.3 is 36.3 Å². The number of amides is 1. The number of nitrogens with one attached hydrogen (secondary N) is 4. The number of carboxylic acids is 2. The summed E-state index contributed by atoms with van der Waals surface area (Å²) in [6.45, 7) is 14.1. The highest BCUT2D eigenvalue weighted by Gasteiger charge is 2.36. The average Bonchev–Trinajstić information content (AvgIpc) is 3.59. The first-order valence-electron chi connectivity index (χ1n) is 15.1. The van der Waals surface area contributed by atoms with Crippen LogP contribution in [0, 0.1) is 11.8 Å². The fourth-order valence-corrected chi connectivity index (χ4v) is 7.08. The van der Waals surface area contributed by atoms with Gasteiger partial charge >= 0.3 is 11.9 Å². The number of carbonyl (C=O) groups excluding carboxylic acids is 1. The third-order valence-electron chi connectivity index (χ3n) is 9.30. The molecule has 3 unspecified atom stereocenters. The highest BCUT2D eigenvalue weighted by atomic mass is 32.1. The molecular weight excluding hydrogens is 580 g/mol. The summed E-state index contributed by atoms with van der Waals surface area (Å²) in [6, 6.07) is -0.454. The number of hydrogen-bond donors (Lipinski definition) is 8. The molecule has 0 bridgehead atoms. The van der Waals surface area contributed by atoms with E-state index in [1.165, 1.54) is 0 Å². The summed E-state index contributed by atoms with van der Waals surface area (Å²) in [5, 5.41) is 40.5. The van der Waals surface area contributed by atoms with E-state index in [1.54, 1.807) is 0 Å². The van der Waals surface area contributed by atoms with Crippen molar-refractivity contribution in [3.8, 4) is 0 Å². The van der Waals surface area contributed by atoms with Gasteiger partial charge in [0.2, 0.25) is 5.91 Å². The van der Waals surface area contributed by atoms with Crippen molar-refractivity contribution in [3.63, 3.8) is 0 Å². The Morgan fingerprint density at radius 3 is 2.32 bits per heavy atom. The van der Waals surface area contributed by atoms with Gasteiger partial charge in [-0.2, -0.15) is 0 Å². The first-order chi connectivity index (χ1) is 20.7. The van der Waals surface area contributed by atoms with Crippen molar-refractivity contribution >= 4 is 49.2 Å². The molecule has 1 aromatic heterocycles. The van der Waals surface area contributed by atoms with E-state index >= 15 is 0 Å². The third-order valence-corrected chi connectivity index (χ3v) is 9.56. The fourth-order valence-electron chi connectivity index (χ4n) is 6.74. The van der Waals surface area contributed by atoms with Crippen molar-refractivity contribution in [2.75, 3.05) is 0 Å². The zero-order chi connectivity index (χ0) is 32.5. The van der Waals surface area contributed by atoms with Crippen LogP contribution in [0.15, 0.2) is 38.8 Å². The topological polar surface area (TPSA) is 164 Å². The number of aromatic amines is 1. The molecular formula is C33H44N4O6S. The maximum absolute atomic E-state index is 12.5. The molecule has 1 fully saturated rings. The SMILES string of the molecule is C=c1c(CCC(=O)O)c(/C=C2\NC(C[C@H]3NC(O)=C(CC)C3C)C(C)=C2CCC(=O)O)[nH]/c1=C/[C@@H]1NC(=O)C(C)/C1=C(/C)S. The van der Waals surface area contributed by atoms with Crippen LogP contribution in [0.3, 0.4) is 0 Å². The number of rotatable bonds is 11. The van der Waals surface area contributed by atoms with Gasteiger partial charge in [-0.05, 0) is 96.6 Å². The van der Waals surface area contributed by atoms with E-state index in [0.717, 1.165) is 44.9 Å². The second-order valence-corrected chi connectivity index (χ2v) is 12.7. The van der Waals surface area contributed by atoms with Crippen LogP contribution >= 0.6 is 12.6 Å². The monoisotopic (exact) mass is 624 g/mol. The summed E-state index contributed by atoms with van der Waals surface area (Å²) in [4.78, 5) is 39.8. The van der Waals surface area contributed by atoms with Crippen LogP contribution in [-0.2, 0) is 20.8 Å². The van der Waals surface area contributed by atoms with E-state index in [9.17, 15) is 29.7 Å². The highest BCUT2D eigenvalue weighted by Crippen LogP contribution is 2.35. The molecule has 0 saturated carbocycles. The van der Waals surface area contributed by atoms with Gasteiger partial charge in [-0.15, -0.1) is 12.6 Å². The van der Waals surface area contributed by atoms with Crippen LogP contribution in [0.4, 0.5) is 0 Å². The van der Waals surface area contributed by atoms with Crippen LogP contribution in [0.1, 0.15) is 78.0 Å². The molecule has 4 heterocycles. The zero-order valence-corrected chi connectivity index (χ0v) is 26.9. The number of aliphatic hydroxyl groups is 1.